The van der Waals surface area contributed by atoms with Gasteiger partial charge in [-0.25, -0.2) is 4.98 Å². The summed E-state index contributed by atoms with van der Waals surface area (Å²) in [6.07, 6.45) is 4.69. The fraction of sp³-hybridized carbons (Fsp3) is 0.571. The quantitative estimate of drug-likeness (QED) is 0.751. The first-order chi connectivity index (χ1) is 9.24. The SMILES string of the molecule is CCCNCc1cccnc1N1CCCC1C(N)=O. The van der Waals surface area contributed by atoms with Crippen LogP contribution in [0.1, 0.15) is 31.7 Å². The molecule has 104 valence electrons. The molecule has 1 amide bonds. The number of aromatic nitrogens is 1. The normalized spacial score (nSPS) is 18.8. The predicted octanol–water partition coefficient (Wildman–Crippen LogP) is 1.04. The number of nitrogens with one attached hydrogen (secondary N) is 1. The summed E-state index contributed by atoms with van der Waals surface area (Å²) in [6, 6.07) is 3.78. The zero-order valence-electron chi connectivity index (χ0n) is 11.4. The smallest absolute Gasteiger partial charge is 0.240 e. The van der Waals surface area contributed by atoms with E-state index in [4.69, 9.17) is 5.73 Å². The molecule has 1 atom stereocenters. The van der Waals surface area contributed by atoms with Crippen LogP contribution in [0.5, 0.6) is 0 Å². The Labute approximate surface area is 114 Å². The van der Waals surface area contributed by atoms with Crippen LogP contribution in [0.15, 0.2) is 18.3 Å². The van der Waals surface area contributed by atoms with Gasteiger partial charge in [0.1, 0.15) is 11.9 Å². The van der Waals surface area contributed by atoms with Crippen molar-refractivity contribution in [2.45, 2.75) is 38.8 Å². The van der Waals surface area contributed by atoms with Crippen molar-refractivity contribution >= 4 is 11.7 Å². The van der Waals surface area contributed by atoms with Crippen molar-refractivity contribution in [3.63, 3.8) is 0 Å². The number of hydrogen-bond donors (Lipinski definition) is 2. The molecule has 1 fully saturated rings. The van der Waals surface area contributed by atoms with Gasteiger partial charge < -0.3 is 16.0 Å². The highest BCUT2D eigenvalue weighted by Gasteiger charge is 2.30. The van der Waals surface area contributed by atoms with Gasteiger partial charge in [0.05, 0.1) is 0 Å². The van der Waals surface area contributed by atoms with Gasteiger partial charge in [-0.05, 0) is 31.9 Å². The van der Waals surface area contributed by atoms with E-state index in [-0.39, 0.29) is 11.9 Å². The molecule has 1 saturated heterocycles. The Morgan fingerprint density at radius 3 is 3.21 bits per heavy atom. The van der Waals surface area contributed by atoms with Crippen molar-refractivity contribution in [1.82, 2.24) is 10.3 Å². The molecule has 2 heterocycles. The third-order valence-corrected chi connectivity index (χ3v) is 3.46. The maximum Gasteiger partial charge on any atom is 0.240 e. The van der Waals surface area contributed by atoms with E-state index in [1.165, 1.54) is 0 Å². The molecule has 0 aromatic carbocycles. The minimum absolute atomic E-state index is 0.208. The Balaban J connectivity index is 2.16. The number of anilines is 1. The molecular weight excluding hydrogens is 240 g/mol. The van der Waals surface area contributed by atoms with Crippen LogP contribution in [0.25, 0.3) is 0 Å². The van der Waals surface area contributed by atoms with Gasteiger partial charge in [-0.3, -0.25) is 4.79 Å². The maximum atomic E-state index is 11.5. The van der Waals surface area contributed by atoms with Crippen LogP contribution in [0, 0.1) is 0 Å². The second-order valence-electron chi connectivity index (χ2n) is 4.92. The Bertz CT molecular complexity index is 435. The number of carbonyl (C=O) groups is 1. The number of amides is 1. The first kappa shape index (κ1) is 13.8. The molecule has 0 bridgehead atoms. The minimum Gasteiger partial charge on any atom is -0.368 e. The highest BCUT2D eigenvalue weighted by Crippen LogP contribution is 2.26. The number of primary amides is 1. The molecule has 3 N–H and O–H groups in total. The molecule has 1 aromatic rings. The van der Waals surface area contributed by atoms with Gasteiger partial charge in [0.2, 0.25) is 5.91 Å². The lowest BCUT2D eigenvalue weighted by Crippen LogP contribution is -2.41. The van der Waals surface area contributed by atoms with Crippen LogP contribution < -0.4 is 16.0 Å². The van der Waals surface area contributed by atoms with Crippen molar-refractivity contribution in [1.29, 1.82) is 0 Å². The molecule has 19 heavy (non-hydrogen) atoms. The molecule has 2 rings (SSSR count). The largest absolute Gasteiger partial charge is 0.368 e. The lowest BCUT2D eigenvalue weighted by Gasteiger charge is -2.25. The number of pyridine rings is 1. The number of nitrogens with zero attached hydrogens (tertiary/aromatic N) is 2. The first-order valence-corrected chi connectivity index (χ1v) is 6.94. The van der Waals surface area contributed by atoms with E-state index in [9.17, 15) is 4.79 Å². The topological polar surface area (TPSA) is 71.2 Å². The fourth-order valence-corrected chi connectivity index (χ4v) is 2.54. The molecule has 0 radical (unpaired) electrons. The molecule has 1 aliphatic heterocycles. The van der Waals surface area contributed by atoms with Crippen molar-refractivity contribution in [3.8, 4) is 0 Å². The molecule has 5 heteroatoms. The summed E-state index contributed by atoms with van der Waals surface area (Å²) >= 11 is 0. The van der Waals surface area contributed by atoms with Gasteiger partial charge in [-0.2, -0.15) is 0 Å². The zero-order valence-corrected chi connectivity index (χ0v) is 11.4. The maximum absolute atomic E-state index is 11.5. The number of carbonyl (C=O) groups excluding carboxylic acids is 1. The second kappa shape index (κ2) is 6.52. The molecule has 0 saturated carbocycles. The van der Waals surface area contributed by atoms with E-state index in [1.54, 1.807) is 6.20 Å². The highest BCUT2D eigenvalue weighted by molar-refractivity contribution is 5.84. The van der Waals surface area contributed by atoms with E-state index < -0.39 is 0 Å². The Morgan fingerprint density at radius 1 is 1.63 bits per heavy atom. The number of rotatable bonds is 6. The zero-order chi connectivity index (χ0) is 13.7. The average molecular weight is 262 g/mol. The molecule has 1 unspecified atom stereocenters. The Hall–Kier alpha value is -1.62. The lowest BCUT2D eigenvalue weighted by atomic mass is 10.2. The summed E-state index contributed by atoms with van der Waals surface area (Å²) in [7, 11) is 0. The summed E-state index contributed by atoms with van der Waals surface area (Å²) in [5, 5.41) is 3.38. The summed E-state index contributed by atoms with van der Waals surface area (Å²) in [5.41, 5.74) is 6.60. The summed E-state index contributed by atoms with van der Waals surface area (Å²) in [5.74, 6) is 0.642. The monoisotopic (exact) mass is 262 g/mol. The van der Waals surface area contributed by atoms with Crippen molar-refractivity contribution in [3.05, 3.63) is 23.9 Å². The Morgan fingerprint density at radius 2 is 2.47 bits per heavy atom. The molecule has 5 nitrogen and oxygen atoms in total. The van der Waals surface area contributed by atoms with Crippen molar-refractivity contribution in [2.24, 2.45) is 5.73 Å². The molecule has 0 aliphatic carbocycles. The van der Waals surface area contributed by atoms with Crippen LogP contribution in [0.3, 0.4) is 0 Å². The second-order valence-corrected chi connectivity index (χ2v) is 4.92. The van der Waals surface area contributed by atoms with E-state index in [0.29, 0.717) is 0 Å². The van der Waals surface area contributed by atoms with E-state index in [1.807, 2.05) is 11.0 Å². The van der Waals surface area contributed by atoms with Gasteiger partial charge in [-0.1, -0.05) is 13.0 Å². The summed E-state index contributed by atoms with van der Waals surface area (Å²) in [6.45, 7) is 4.75. The predicted molar refractivity (Wildman–Crippen MR) is 75.8 cm³/mol. The molecule has 0 spiro atoms. The van der Waals surface area contributed by atoms with Gasteiger partial charge in [0.15, 0.2) is 0 Å². The van der Waals surface area contributed by atoms with Crippen LogP contribution in [0.4, 0.5) is 5.82 Å². The van der Waals surface area contributed by atoms with Crippen molar-refractivity contribution in [2.75, 3.05) is 18.0 Å². The van der Waals surface area contributed by atoms with Gasteiger partial charge in [0.25, 0.3) is 0 Å². The van der Waals surface area contributed by atoms with Crippen LogP contribution in [-0.4, -0.2) is 30.0 Å². The molecule has 1 aromatic heterocycles. The minimum atomic E-state index is -0.254. The standard InChI is InChI=1S/C14H22N4O/c1-2-7-16-10-11-5-3-8-17-14(11)18-9-4-6-12(18)13(15)19/h3,5,8,12,16H,2,4,6-7,9-10H2,1H3,(H2,15,19). The fourth-order valence-electron chi connectivity index (χ4n) is 2.54. The highest BCUT2D eigenvalue weighted by atomic mass is 16.1. The number of hydrogen-bond acceptors (Lipinski definition) is 4. The number of nitrogens with two attached hydrogens (primary N) is 1. The summed E-state index contributed by atoms with van der Waals surface area (Å²) in [4.78, 5) is 18.0. The first-order valence-electron chi connectivity index (χ1n) is 6.94. The third kappa shape index (κ3) is 3.23. The van der Waals surface area contributed by atoms with E-state index >= 15 is 0 Å². The van der Waals surface area contributed by atoms with Crippen LogP contribution >= 0.6 is 0 Å². The van der Waals surface area contributed by atoms with E-state index in [2.05, 4.69) is 23.3 Å². The molecular formula is C14H22N4O. The third-order valence-electron chi connectivity index (χ3n) is 3.46. The Kier molecular flexibility index (Phi) is 4.74. The average Bonchev–Trinajstić information content (AvgIpc) is 2.89. The van der Waals surface area contributed by atoms with Gasteiger partial charge in [-0.15, -0.1) is 0 Å². The van der Waals surface area contributed by atoms with Crippen molar-refractivity contribution < 1.29 is 4.79 Å². The summed E-state index contributed by atoms with van der Waals surface area (Å²) < 4.78 is 0. The van der Waals surface area contributed by atoms with Crippen LogP contribution in [0.2, 0.25) is 0 Å². The molecule has 1 aliphatic rings. The van der Waals surface area contributed by atoms with Gasteiger partial charge in [0, 0.05) is 24.8 Å². The van der Waals surface area contributed by atoms with Crippen LogP contribution in [-0.2, 0) is 11.3 Å². The van der Waals surface area contributed by atoms with E-state index in [0.717, 1.165) is 50.3 Å². The van der Waals surface area contributed by atoms with Gasteiger partial charge >= 0.3 is 0 Å². The lowest BCUT2D eigenvalue weighted by molar-refractivity contribution is -0.119.